The van der Waals surface area contributed by atoms with E-state index < -0.39 is 27.4 Å². The zero-order valence-corrected chi connectivity index (χ0v) is 20.6. The Morgan fingerprint density at radius 1 is 1.09 bits per heavy atom. The summed E-state index contributed by atoms with van der Waals surface area (Å²) in [5.41, 5.74) is 0.265. The van der Waals surface area contributed by atoms with Crippen LogP contribution in [0.25, 0.3) is 16.5 Å². The van der Waals surface area contributed by atoms with Gasteiger partial charge in [-0.2, -0.15) is 0 Å². The highest BCUT2D eigenvalue weighted by Crippen LogP contribution is 2.27. The molecule has 0 atom stereocenters. The molecule has 2 aromatic heterocycles. The van der Waals surface area contributed by atoms with Crippen molar-refractivity contribution in [3.63, 3.8) is 0 Å². The standard InChI is InChI=1S/C21H16ClFN4O4S3/c1-24-11-2-4-13-14(8-11)17(32)10-27(20(13)28)16-5-3-12(9-15(16)23)25-21(29)26-34(30,31)19-7-6-18(22)33-19/h2-10,24,32H,1H3,(H2,25,26,29). The lowest BCUT2D eigenvalue weighted by molar-refractivity contribution is 0.256. The number of benzene rings is 2. The van der Waals surface area contributed by atoms with Crippen molar-refractivity contribution in [3.8, 4) is 5.69 Å². The first kappa shape index (κ1) is 24.1. The van der Waals surface area contributed by atoms with Crippen molar-refractivity contribution < 1.29 is 17.6 Å². The van der Waals surface area contributed by atoms with E-state index in [1.54, 1.807) is 25.2 Å². The number of urea groups is 1. The molecule has 4 aromatic rings. The molecule has 34 heavy (non-hydrogen) atoms. The number of carbonyl (C=O) groups excluding carboxylic acids is 1. The minimum Gasteiger partial charge on any atom is -0.388 e. The second-order valence-electron chi connectivity index (χ2n) is 6.98. The Bertz CT molecular complexity index is 1600. The number of amides is 2. The van der Waals surface area contributed by atoms with Crippen LogP contribution in [0.1, 0.15) is 0 Å². The van der Waals surface area contributed by atoms with Crippen LogP contribution in [0.4, 0.5) is 20.6 Å². The number of anilines is 2. The Morgan fingerprint density at radius 2 is 1.82 bits per heavy atom. The van der Waals surface area contributed by atoms with Gasteiger partial charge in [-0.25, -0.2) is 22.3 Å². The minimum atomic E-state index is -4.14. The zero-order valence-electron chi connectivity index (χ0n) is 17.3. The fourth-order valence-electron chi connectivity index (χ4n) is 3.21. The van der Waals surface area contributed by atoms with Gasteiger partial charge in [0.1, 0.15) is 10.0 Å². The number of pyridine rings is 1. The maximum Gasteiger partial charge on any atom is 0.333 e. The lowest BCUT2D eigenvalue weighted by Gasteiger charge is -2.13. The van der Waals surface area contributed by atoms with Crippen molar-refractivity contribution in [2.24, 2.45) is 0 Å². The zero-order chi connectivity index (χ0) is 24.6. The molecular formula is C21H16ClFN4O4S3. The van der Waals surface area contributed by atoms with E-state index >= 15 is 0 Å². The molecule has 0 aliphatic heterocycles. The van der Waals surface area contributed by atoms with Gasteiger partial charge in [0.25, 0.3) is 15.6 Å². The Balaban J connectivity index is 1.60. The van der Waals surface area contributed by atoms with Gasteiger partial charge < -0.3 is 10.6 Å². The van der Waals surface area contributed by atoms with E-state index in [-0.39, 0.29) is 19.9 Å². The van der Waals surface area contributed by atoms with Crippen LogP contribution in [0.15, 0.2) is 68.6 Å². The summed E-state index contributed by atoms with van der Waals surface area (Å²) in [6, 6.07) is 10.3. The average Bonchev–Trinajstić information content (AvgIpc) is 3.23. The van der Waals surface area contributed by atoms with Gasteiger partial charge in [0.15, 0.2) is 0 Å². The molecular weight excluding hydrogens is 523 g/mol. The number of halogens is 2. The molecule has 0 aliphatic carbocycles. The summed E-state index contributed by atoms with van der Waals surface area (Å²) < 4.78 is 42.4. The summed E-state index contributed by atoms with van der Waals surface area (Å²) in [5.74, 6) is -0.813. The van der Waals surface area contributed by atoms with Crippen molar-refractivity contribution in [2.45, 2.75) is 9.10 Å². The molecule has 176 valence electrons. The molecule has 2 aromatic carbocycles. The monoisotopic (exact) mass is 538 g/mol. The molecule has 0 saturated heterocycles. The highest BCUT2D eigenvalue weighted by molar-refractivity contribution is 7.92. The second-order valence-corrected chi connectivity index (χ2v) is 11.1. The fourth-order valence-corrected chi connectivity index (χ4v) is 5.90. The number of sulfonamides is 1. The predicted molar refractivity (Wildman–Crippen MR) is 135 cm³/mol. The topological polar surface area (TPSA) is 109 Å². The number of thiophene rings is 1. The number of thiol groups is 1. The van der Waals surface area contributed by atoms with Crippen LogP contribution in [-0.4, -0.2) is 26.1 Å². The van der Waals surface area contributed by atoms with Crippen molar-refractivity contribution in [1.29, 1.82) is 0 Å². The Labute approximate surface area is 207 Å². The molecule has 0 bridgehead atoms. The van der Waals surface area contributed by atoms with E-state index in [4.69, 9.17) is 11.6 Å². The van der Waals surface area contributed by atoms with Crippen LogP contribution in [0.2, 0.25) is 4.34 Å². The third-order valence-electron chi connectivity index (χ3n) is 4.79. The molecule has 8 nitrogen and oxygen atoms in total. The fraction of sp³-hybridized carbons (Fsp3) is 0.0476. The quantitative estimate of drug-likeness (QED) is 0.276. The summed E-state index contributed by atoms with van der Waals surface area (Å²) in [6.45, 7) is 0. The van der Waals surface area contributed by atoms with Gasteiger partial charge in [0.05, 0.1) is 10.0 Å². The van der Waals surface area contributed by atoms with E-state index in [1.165, 1.54) is 30.5 Å². The molecule has 0 spiro atoms. The molecule has 0 aliphatic rings. The Kier molecular flexibility index (Phi) is 6.58. The molecule has 0 saturated carbocycles. The average molecular weight is 539 g/mol. The number of nitrogens with one attached hydrogen (secondary N) is 3. The highest BCUT2D eigenvalue weighted by atomic mass is 35.5. The number of carbonyl (C=O) groups is 1. The van der Waals surface area contributed by atoms with Crippen molar-refractivity contribution in [2.75, 3.05) is 17.7 Å². The first-order valence-corrected chi connectivity index (χ1v) is 12.7. The van der Waals surface area contributed by atoms with E-state index in [0.717, 1.165) is 27.7 Å². The first-order valence-electron chi connectivity index (χ1n) is 9.54. The number of aromatic nitrogens is 1. The Hall–Kier alpha value is -3.06. The number of hydrogen-bond donors (Lipinski definition) is 4. The Morgan fingerprint density at radius 3 is 2.47 bits per heavy atom. The van der Waals surface area contributed by atoms with E-state index in [9.17, 15) is 22.4 Å². The summed E-state index contributed by atoms with van der Waals surface area (Å²) in [4.78, 5) is 25.6. The molecule has 4 rings (SSSR count). The highest BCUT2D eigenvalue weighted by Gasteiger charge is 2.20. The van der Waals surface area contributed by atoms with Crippen LogP contribution < -0.4 is 20.9 Å². The maximum absolute atomic E-state index is 14.9. The summed E-state index contributed by atoms with van der Waals surface area (Å²) in [6.07, 6.45) is 1.41. The minimum absolute atomic E-state index is 0.0169. The van der Waals surface area contributed by atoms with Gasteiger partial charge in [-0.1, -0.05) is 11.6 Å². The number of nitrogens with zero attached hydrogens (tertiary/aromatic N) is 1. The van der Waals surface area contributed by atoms with Gasteiger partial charge >= 0.3 is 6.03 Å². The second kappa shape index (κ2) is 9.29. The lowest BCUT2D eigenvalue weighted by atomic mass is 10.1. The summed E-state index contributed by atoms with van der Waals surface area (Å²) in [5, 5.41) is 6.20. The van der Waals surface area contributed by atoms with Crippen molar-refractivity contribution in [1.82, 2.24) is 9.29 Å². The SMILES string of the molecule is CNc1ccc2c(=O)n(-c3ccc(NC(=O)NS(=O)(=O)c4ccc(Cl)s4)cc3F)cc(S)c2c1. The van der Waals surface area contributed by atoms with Crippen molar-refractivity contribution >= 4 is 73.8 Å². The van der Waals surface area contributed by atoms with Gasteiger partial charge in [-0.15, -0.1) is 24.0 Å². The van der Waals surface area contributed by atoms with Crippen molar-refractivity contribution in [3.05, 3.63) is 75.2 Å². The van der Waals surface area contributed by atoms with Crippen LogP contribution >= 0.6 is 35.6 Å². The third kappa shape index (κ3) is 4.75. The lowest BCUT2D eigenvalue weighted by Crippen LogP contribution is -2.34. The van der Waals surface area contributed by atoms with E-state index in [0.29, 0.717) is 15.7 Å². The smallest absolute Gasteiger partial charge is 0.333 e. The number of fused-ring (bicyclic) bond motifs is 1. The largest absolute Gasteiger partial charge is 0.388 e. The predicted octanol–water partition coefficient (Wildman–Crippen LogP) is 4.69. The van der Waals surface area contributed by atoms with E-state index in [1.807, 2.05) is 4.72 Å². The van der Waals surface area contributed by atoms with Gasteiger partial charge in [0.2, 0.25) is 0 Å². The van der Waals surface area contributed by atoms with Crippen LogP contribution in [0.3, 0.4) is 0 Å². The van der Waals surface area contributed by atoms with Crippen LogP contribution in [-0.2, 0) is 10.0 Å². The molecule has 3 N–H and O–H groups in total. The van der Waals surface area contributed by atoms with E-state index in [2.05, 4.69) is 23.3 Å². The molecule has 13 heteroatoms. The molecule has 2 amide bonds. The number of hydrogen-bond acceptors (Lipinski definition) is 7. The maximum atomic E-state index is 14.9. The number of rotatable bonds is 5. The molecule has 0 unspecified atom stereocenters. The molecule has 0 fully saturated rings. The first-order chi connectivity index (χ1) is 16.1. The van der Waals surface area contributed by atoms with Gasteiger partial charge in [-0.05, 0) is 48.5 Å². The van der Waals surface area contributed by atoms with Gasteiger partial charge in [-0.3, -0.25) is 9.36 Å². The summed E-state index contributed by atoms with van der Waals surface area (Å²) in [7, 11) is -2.39. The molecule has 0 radical (unpaired) electrons. The normalized spacial score (nSPS) is 11.4. The molecule has 2 heterocycles. The van der Waals surface area contributed by atoms with Crippen LogP contribution in [0, 0.1) is 5.82 Å². The summed E-state index contributed by atoms with van der Waals surface area (Å²) >= 11 is 11.0. The van der Waals surface area contributed by atoms with Crippen LogP contribution in [0.5, 0.6) is 0 Å². The van der Waals surface area contributed by atoms with Gasteiger partial charge in [0, 0.05) is 40.3 Å². The third-order valence-corrected chi connectivity index (χ3v) is 8.20.